The second-order valence-electron chi connectivity index (χ2n) is 6.54. The van der Waals surface area contributed by atoms with Gasteiger partial charge in [-0.1, -0.05) is 12.1 Å². The summed E-state index contributed by atoms with van der Waals surface area (Å²) >= 11 is 0. The molecule has 0 aliphatic carbocycles. The lowest BCUT2D eigenvalue weighted by molar-refractivity contribution is -0.384. The highest BCUT2D eigenvalue weighted by Crippen LogP contribution is 2.25. The summed E-state index contributed by atoms with van der Waals surface area (Å²) in [7, 11) is -2.24. The molecule has 1 aliphatic rings. The number of ether oxygens (including phenoxy) is 2. The molecule has 3 rings (SSSR count). The molecule has 2 aromatic carbocycles. The van der Waals surface area contributed by atoms with Gasteiger partial charge in [-0.25, -0.2) is 13.1 Å². The summed E-state index contributed by atoms with van der Waals surface area (Å²) in [6.45, 7) is 2.67. The molecule has 29 heavy (non-hydrogen) atoms. The normalized spacial score (nSPS) is 16.3. The summed E-state index contributed by atoms with van der Waals surface area (Å²) in [6, 6.07) is 12.1. The molecule has 0 radical (unpaired) electrons. The molecule has 0 spiro atoms. The van der Waals surface area contributed by atoms with E-state index in [-0.39, 0.29) is 23.2 Å². The number of sulfonamides is 1. The smallest absolute Gasteiger partial charge is 0.269 e. The van der Waals surface area contributed by atoms with Crippen molar-refractivity contribution in [2.45, 2.75) is 10.9 Å². The number of morpholine rings is 1. The standard InChI is InChI=1S/C19H23N3O6S/c1-27-17-4-2-3-15(13-17)19(21-9-11-28-12-10-21)14-20-29(25,26)18-7-5-16(6-8-18)22(23)24/h2-8,13,19-20H,9-12,14H2,1H3. The molecule has 156 valence electrons. The van der Waals surface area contributed by atoms with Gasteiger partial charge in [0, 0.05) is 37.8 Å². The van der Waals surface area contributed by atoms with Crippen LogP contribution in [0.2, 0.25) is 0 Å². The van der Waals surface area contributed by atoms with Crippen LogP contribution in [0.25, 0.3) is 0 Å². The third kappa shape index (κ3) is 5.30. The molecule has 1 fully saturated rings. The Balaban J connectivity index is 1.80. The van der Waals surface area contributed by atoms with Crippen LogP contribution in [-0.4, -0.2) is 58.2 Å². The number of methoxy groups -OCH3 is 1. The van der Waals surface area contributed by atoms with Gasteiger partial charge in [-0.3, -0.25) is 15.0 Å². The lowest BCUT2D eigenvalue weighted by Crippen LogP contribution is -2.43. The van der Waals surface area contributed by atoms with E-state index in [1.165, 1.54) is 24.3 Å². The van der Waals surface area contributed by atoms with Crippen LogP contribution in [0.1, 0.15) is 11.6 Å². The van der Waals surface area contributed by atoms with Crippen molar-refractivity contribution in [1.82, 2.24) is 9.62 Å². The van der Waals surface area contributed by atoms with Crippen molar-refractivity contribution in [2.24, 2.45) is 0 Å². The van der Waals surface area contributed by atoms with E-state index in [1.54, 1.807) is 7.11 Å². The second kappa shape index (κ2) is 9.31. The fourth-order valence-electron chi connectivity index (χ4n) is 3.21. The van der Waals surface area contributed by atoms with Gasteiger partial charge in [-0.05, 0) is 29.8 Å². The zero-order valence-corrected chi connectivity index (χ0v) is 16.8. The molecule has 2 aromatic rings. The molecule has 0 amide bonds. The van der Waals surface area contributed by atoms with Gasteiger partial charge in [0.1, 0.15) is 5.75 Å². The van der Waals surface area contributed by atoms with Crippen molar-refractivity contribution in [3.63, 3.8) is 0 Å². The van der Waals surface area contributed by atoms with E-state index < -0.39 is 14.9 Å². The Morgan fingerprint density at radius 1 is 1.21 bits per heavy atom. The van der Waals surface area contributed by atoms with Gasteiger partial charge in [0.25, 0.3) is 5.69 Å². The predicted molar refractivity (Wildman–Crippen MR) is 106 cm³/mol. The van der Waals surface area contributed by atoms with E-state index in [4.69, 9.17) is 9.47 Å². The molecule has 1 unspecified atom stereocenters. The third-order valence-electron chi connectivity index (χ3n) is 4.79. The van der Waals surface area contributed by atoms with Gasteiger partial charge in [-0.2, -0.15) is 0 Å². The summed E-state index contributed by atoms with van der Waals surface area (Å²) in [6.07, 6.45) is 0. The first-order valence-corrected chi connectivity index (χ1v) is 10.6. The second-order valence-corrected chi connectivity index (χ2v) is 8.31. The maximum absolute atomic E-state index is 12.7. The van der Waals surface area contributed by atoms with Gasteiger partial charge in [0.15, 0.2) is 0 Å². The fourth-order valence-corrected chi connectivity index (χ4v) is 4.25. The van der Waals surface area contributed by atoms with Gasteiger partial charge in [0.05, 0.1) is 30.1 Å². The molecule has 0 saturated carbocycles. The van der Waals surface area contributed by atoms with E-state index in [0.717, 1.165) is 5.56 Å². The summed E-state index contributed by atoms with van der Waals surface area (Å²) in [5.74, 6) is 0.694. The average Bonchev–Trinajstić information content (AvgIpc) is 2.75. The topological polar surface area (TPSA) is 111 Å². The van der Waals surface area contributed by atoms with Gasteiger partial charge in [-0.15, -0.1) is 0 Å². The first kappa shape index (κ1) is 21.2. The van der Waals surface area contributed by atoms with Crippen molar-refractivity contribution < 1.29 is 22.8 Å². The van der Waals surface area contributed by atoms with E-state index >= 15 is 0 Å². The number of hydrogen-bond donors (Lipinski definition) is 1. The lowest BCUT2D eigenvalue weighted by atomic mass is 10.0. The highest BCUT2D eigenvalue weighted by atomic mass is 32.2. The molecule has 0 bridgehead atoms. The average molecular weight is 421 g/mol. The molecule has 1 atom stereocenters. The maximum atomic E-state index is 12.7. The Bertz CT molecular complexity index is 943. The maximum Gasteiger partial charge on any atom is 0.269 e. The number of rotatable bonds is 8. The minimum absolute atomic E-state index is 0.0190. The minimum atomic E-state index is -3.82. The number of nitro benzene ring substituents is 1. The van der Waals surface area contributed by atoms with E-state index in [1.807, 2.05) is 24.3 Å². The molecular formula is C19H23N3O6S. The van der Waals surface area contributed by atoms with Crippen LogP contribution in [0.4, 0.5) is 5.69 Å². The number of benzene rings is 2. The molecule has 1 N–H and O–H groups in total. The van der Waals surface area contributed by atoms with Crippen LogP contribution < -0.4 is 9.46 Å². The van der Waals surface area contributed by atoms with Gasteiger partial charge >= 0.3 is 0 Å². The van der Waals surface area contributed by atoms with E-state index in [9.17, 15) is 18.5 Å². The zero-order chi connectivity index (χ0) is 20.9. The highest BCUT2D eigenvalue weighted by molar-refractivity contribution is 7.89. The zero-order valence-electron chi connectivity index (χ0n) is 16.0. The SMILES string of the molecule is COc1cccc(C(CNS(=O)(=O)c2ccc([N+](=O)[O-])cc2)N2CCOCC2)c1. The number of nitro groups is 1. The largest absolute Gasteiger partial charge is 0.497 e. The van der Waals surface area contributed by atoms with Crippen LogP contribution >= 0.6 is 0 Å². The Morgan fingerprint density at radius 2 is 1.90 bits per heavy atom. The van der Waals surface area contributed by atoms with E-state index in [0.29, 0.717) is 32.1 Å². The molecule has 10 heteroatoms. The highest BCUT2D eigenvalue weighted by Gasteiger charge is 2.25. The minimum Gasteiger partial charge on any atom is -0.497 e. The van der Waals surface area contributed by atoms with Crippen LogP contribution in [-0.2, 0) is 14.8 Å². The monoisotopic (exact) mass is 421 g/mol. The first-order chi connectivity index (χ1) is 13.9. The quantitative estimate of drug-likeness (QED) is 0.512. The van der Waals surface area contributed by atoms with Gasteiger partial charge < -0.3 is 9.47 Å². The third-order valence-corrected chi connectivity index (χ3v) is 6.23. The summed E-state index contributed by atoms with van der Waals surface area (Å²) < 4.78 is 38.8. The summed E-state index contributed by atoms with van der Waals surface area (Å²) in [4.78, 5) is 12.4. The number of nitrogens with zero attached hydrogens (tertiary/aromatic N) is 2. The van der Waals surface area contributed by atoms with Crippen molar-refractivity contribution in [1.29, 1.82) is 0 Å². The molecule has 1 aliphatic heterocycles. The molecular weight excluding hydrogens is 398 g/mol. The predicted octanol–water partition coefficient (Wildman–Crippen LogP) is 1.96. The summed E-state index contributed by atoms with van der Waals surface area (Å²) in [5.41, 5.74) is 0.768. The first-order valence-electron chi connectivity index (χ1n) is 9.10. The van der Waals surface area contributed by atoms with Crippen LogP contribution in [0.15, 0.2) is 53.4 Å². The molecule has 9 nitrogen and oxygen atoms in total. The van der Waals surface area contributed by atoms with Crippen LogP contribution in [0.5, 0.6) is 5.75 Å². The molecule has 0 aromatic heterocycles. The van der Waals surface area contributed by atoms with Crippen LogP contribution in [0, 0.1) is 10.1 Å². The Kier molecular flexibility index (Phi) is 6.80. The summed E-state index contributed by atoms with van der Waals surface area (Å²) in [5, 5.41) is 10.8. The van der Waals surface area contributed by atoms with Crippen molar-refractivity contribution in [3.8, 4) is 5.75 Å². The Morgan fingerprint density at radius 3 is 2.52 bits per heavy atom. The Hall–Kier alpha value is -2.53. The number of hydrogen-bond acceptors (Lipinski definition) is 7. The fraction of sp³-hybridized carbons (Fsp3) is 0.368. The molecule has 1 saturated heterocycles. The van der Waals surface area contributed by atoms with Crippen molar-refractivity contribution in [2.75, 3.05) is 40.0 Å². The van der Waals surface area contributed by atoms with Crippen molar-refractivity contribution in [3.05, 3.63) is 64.2 Å². The number of nitrogens with one attached hydrogen (secondary N) is 1. The van der Waals surface area contributed by atoms with Crippen LogP contribution in [0.3, 0.4) is 0 Å². The number of non-ortho nitro benzene ring substituents is 1. The van der Waals surface area contributed by atoms with E-state index in [2.05, 4.69) is 9.62 Å². The Labute approximate surface area is 169 Å². The molecule has 1 heterocycles. The lowest BCUT2D eigenvalue weighted by Gasteiger charge is -2.35. The van der Waals surface area contributed by atoms with Gasteiger partial charge in [0.2, 0.25) is 10.0 Å². The van der Waals surface area contributed by atoms with Crippen molar-refractivity contribution >= 4 is 15.7 Å².